The zero-order valence-corrected chi connectivity index (χ0v) is 6.33. The van der Waals surface area contributed by atoms with Gasteiger partial charge in [-0.2, -0.15) is 0 Å². The van der Waals surface area contributed by atoms with Crippen LogP contribution in [-0.4, -0.2) is 20.2 Å². The van der Waals surface area contributed by atoms with Crippen molar-refractivity contribution >= 4 is 12.6 Å². The van der Waals surface area contributed by atoms with E-state index in [4.69, 9.17) is 0 Å². The fourth-order valence-corrected chi connectivity index (χ4v) is 1.30. The molecular weight excluding hydrogens is 148 g/mol. The lowest BCUT2D eigenvalue weighted by molar-refractivity contribution is 0.268. The molecule has 0 radical (unpaired) electrons. The van der Waals surface area contributed by atoms with E-state index in [0.29, 0.717) is 11.2 Å². The number of rotatable bonds is 1. The van der Waals surface area contributed by atoms with Crippen LogP contribution in [0.15, 0.2) is 5.16 Å². The third kappa shape index (κ3) is 0.811. The van der Waals surface area contributed by atoms with Crippen molar-refractivity contribution < 1.29 is 0 Å². The highest BCUT2D eigenvalue weighted by molar-refractivity contribution is 7.80. The molecule has 1 saturated carbocycles. The van der Waals surface area contributed by atoms with E-state index in [2.05, 4.69) is 28.2 Å². The van der Waals surface area contributed by atoms with E-state index in [-0.39, 0.29) is 0 Å². The SMILES string of the molecule is Sc1nnnn1C1CCC1. The minimum Gasteiger partial charge on any atom is -0.218 e. The number of thiol groups is 1. The molecule has 0 saturated heterocycles. The van der Waals surface area contributed by atoms with Crippen molar-refractivity contribution in [1.29, 1.82) is 0 Å². The Kier molecular flexibility index (Phi) is 1.37. The largest absolute Gasteiger partial charge is 0.218 e. The molecule has 1 aromatic rings. The summed E-state index contributed by atoms with van der Waals surface area (Å²) in [6, 6.07) is 0.516. The van der Waals surface area contributed by atoms with Gasteiger partial charge in [0.05, 0.1) is 6.04 Å². The molecule has 0 unspecified atom stereocenters. The minimum absolute atomic E-state index is 0.516. The van der Waals surface area contributed by atoms with Crippen molar-refractivity contribution in [2.45, 2.75) is 30.5 Å². The summed E-state index contributed by atoms with van der Waals surface area (Å²) < 4.78 is 1.78. The second-order valence-corrected chi connectivity index (χ2v) is 2.91. The Morgan fingerprint density at radius 2 is 2.30 bits per heavy atom. The molecule has 5 heteroatoms. The Bertz CT molecular complexity index is 229. The molecule has 0 amide bonds. The molecule has 0 atom stereocenters. The first-order valence-electron chi connectivity index (χ1n) is 3.35. The molecular formula is C5H8N4S. The Labute approximate surface area is 64.0 Å². The highest BCUT2D eigenvalue weighted by atomic mass is 32.1. The molecule has 1 fully saturated rings. The molecule has 4 nitrogen and oxygen atoms in total. The van der Waals surface area contributed by atoms with Crippen LogP contribution in [0.4, 0.5) is 0 Å². The van der Waals surface area contributed by atoms with Gasteiger partial charge in [0.25, 0.3) is 0 Å². The summed E-state index contributed by atoms with van der Waals surface area (Å²) in [5.41, 5.74) is 0. The van der Waals surface area contributed by atoms with E-state index in [0.717, 1.165) is 0 Å². The molecule has 1 aliphatic carbocycles. The van der Waals surface area contributed by atoms with Crippen LogP contribution < -0.4 is 0 Å². The molecule has 1 aliphatic rings. The predicted octanol–water partition coefficient (Wildman–Crippen LogP) is 0.687. The maximum atomic E-state index is 4.10. The zero-order valence-electron chi connectivity index (χ0n) is 5.43. The van der Waals surface area contributed by atoms with Gasteiger partial charge >= 0.3 is 0 Å². The average Bonchev–Trinajstić information content (AvgIpc) is 2.12. The van der Waals surface area contributed by atoms with Crippen molar-refractivity contribution in [2.75, 3.05) is 0 Å². The summed E-state index contributed by atoms with van der Waals surface area (Å²) in [6.45, 7) is 0. The maximum Gasteiger partial charge on any atom is 0.206 e. The number of tetrazole rings is 1. The first kappa shape index (κ1) is 6.15. The summed E-state index contributed by atoms with van der Waals surface area (Å²) in [4.78, 5) is 0. The van der Waals surface area contributed by atoms with Crippen molar-refractivity contribution in [3.8, 4) is 0 Å². The minimum atomic E-state index is 0.516. The van der Waals surface area contributed by atoms with E-state index in [1.165, 1.54) is 19.3 Å². The Morgan fingerprint density at radius 3 is 2.70 bits per heavy atom. The predicted molar refractivity (Wildman–Crippen MR) is 38.0 cm³/mol. The topological polar surface area (TPSA) is 43.6 Å². The summed E-state index contributed by atoms with van der Waals surface area (Å²) in [5.74, 6) is 0. The number of aromatic nitrogens is 4. The van der Waals surface area contributed by atoms with Crippen molar-refractivity contribution in [1.82, 2.24) is 20.2 Å². The maximum absolute atomic E-state index is 4.10. The van der Waals surface area contributed by atoms with E-state index in [9.17, 15) is 0 Å². The van der Waals surface area contributed by atoms with Crippen LogP contribution in [0.5, 0.6) is 0 Å². The van der Waals surface area contributed by atoms with E-state index >= 15 is 0 Å². The Balaban J connectivity index is 2.23. The summed E-state index contributed by atoms with van der Waals surface area (Å²) in [7, 11) is 0. The molecule has 0 spiro atoms. The molecule has 10 heavy (non-hydrogen) atoms. The smallest absolute Gasteiger partial charge is 0.206 e. The van der Waals surface area contributed by atoms with Gasteiger partial charge in [0.1, 0.15) is 0 Å². The molecule has 0 N–H and O–H groups in total. The van der Waals surface area contributed by atoms with E-state index < -0.39 is 0 Å². The van der Waals surface area contributed by atoms with Crippen LogP contribution in [0.25, 0.3) is 0 Å². The van der Waals surface area contributed by atoms with Crippen molar-refractivity contribution in [3.63, 3.8) is 0 Å². The second-order valence-electron chi connectivity index (χ2n) is 2.51. The van der Waals surface area contributed by atoms with Crippen LogP contribution >= 0.6 is 12.6 Å². The normalized spacial score (nSPS) is 18.9. The van der Waals surface area contributed by atoms with E-state index in [1.807, 2.05) is 0 Å². The van der Waals surface area contributed by atoms with E-state index in [1.54, 1.807) is 4.68 Å². The fraction of sp³-hybridized carbons (Fsp3) is 0.800. The standard InChI is InChI=1S/C5H8N4S/c10-5-6-7-8-9(5)4-2-1-3-4/h4H,1-3H2,(H,6,8,10). The van der Waals surface area contributed by atoms with Gasteiger partial charge in [-0.3, -0.25) is 0 Å². The number of nitrogens with zero attached hydrogens (tertiary/aromatic N) is 4. The van der Waals surface area contributed by atoms with Crippen LogP contribution in [0, 0.1) is 0 Å². The fourth-order valence-electron chi connectivity index (χ4n) is 1.06. The van der Waals surface area contributed by atoms with Gasteiger partial charge < -0.3 is 0 Å². The zero-order chi connectivity index (χ0) is 6.97. The van der Waals surface area contributed by atoms with Crippen molar-refractivity contribution in [3.05, 3.63) is 0 Å². The monoisotopic (exact) mass is 156 g/mol. The summed E-state index contributed by atoms with van der Waals surface area (Å²) in [5, 5.41) is 11.6. The number of hydrogen-bond acceptors (Lipinski definition) is 4. The first-order valence-corrected chi connectivity index (χ1v) is 3.79. The quantitative estimate of drug-likeness (QED) is 0.608. The van der Waals surface area contributed by atoms with Crippen LogP contribution in [-0.2, 0) is 0 Å². The third-order valence-corrected chi connectivity index (χ3v) is 2.19. The Morgan fingerprint density at radius 1 is 1.50 bits per heavy atom. The molecule has 1 heterocycles. The lowest BCUT2D eigenvalue weighted by Gasteiger charge is -2.24. The first-order chi connectivity index (χ1) is 4.88. The van der Waals surface area contributed by atoms with Gasteiger partial charge in [0, 0.05) is 0 Å². The molecule has 2 rings (SSSR count). The molecule has 1 aromatic heterocycles. The van der Waals surface area contributed by atoms with Crippen LogP contribution in [0.2, 0.25) is 0 Å². The molecule has 0 aliphatic heterocycles. The average molecular weight is 156 g/mol. The van der Waals surface area contributed by atoms with Gasteiger partial charge in [-0.05, 0) is 29.7 Å². The van der Waals surface area contributed by atoms with Gasteiger partial charge in [0.2, 0.25) is 5.16 Å². The lowest BCUT2D eigenvalue weighted by atomic mass is 9.94. The highest BCUT2D eigenvalue weighted by Gasteiger charge is 2.22. The third-order valence-electron chi connectivity index (χ3n) is 1.90. The van der Waals surface area contributed by atoms with Gasteiger partial charge in [-0.15, -0.1) is 17.7 Å². The van der Waals surface area contributed by atoms with Crippen molar-refractivity contribution in [2.24, 2.45) is 0 Å². The van der Waals surface area contributed by atoms with Gasteiger partial charge in [-0.25, -0.2) is 4.68 Å². The van der Waals surface area contributed by atoms with Crippen LogP contribution in [0.3, 0.4) is 0 Å². The van der Waals surface area contributed by atoms with Crippen LogP contribution in [0.1, 0.15) is 25.3 Å². The molecule has 0 aromatic carbocycles. The molecule has 0 bridgehead atoms. The van der Waals surface area contributed by atoms with Gasteiger partial charge in [-0.1, -0.05) is 0 Å². The summed E-state index contributed by atoms with van der Waals surface area (Å²) >= 11 is 4.10. The highest BCUT2D eigenvalue weighted by Crippen LogP contribution is 2.31. The van der Waals surface area contributed by atoms with Gasteiger partial charge in [0.15, 0.2) is 0 Å². The lowest BCUT2D eigenvalue weighted by Crippen LogP contribution is -2.18. The molecule has 54 valence electrons. The Hall–Kier alpha value is -0.580. The second kappa shape index (κ2) is 2.23. The number of hydrogen-bond donors (Lipinski definition) is 1. The summed E-state index contributed by atoms with van der Waals surface area (Å²) in [6.07, 6.45) is 3.68.